The average Bonchev–Trinajstić information content (AvgIpc) is 3.30. The molecule has 0 amide bonds. The molecule has 7 rings (SSSR count). The van der Waals surface area contributed by atoms with Crippen molar-refractivity contribution in [3.8, 4) is 40.1 Å². The molecule has 6 nitrogen and oxygen atoms in total. The number of hydrogen-bond acceptors (Lipinski definition) is 5. The van der Waals surface area contributed by atoms with Crippen LogP contribution >= 0.6 is 0 Å². The van der Waals surface area contributed by atoms with Gasteiger partial charge in [-0.3, -0.25) is 9.97 Å². The molecule has 0 atom stereocenters. The van der Waals surface area contributed by atoms with E-state index < -0.39 is 0 Å². The van der Waals surface area contributed by atoms with Gasteiger partial charge in [0, 0.05) is 34.4 Å². The normalized spacial score (nSPS) is 11.3. The highest BCUT2D eigenvalue weighted by Crippen LogP contribution is 2.33. The lowest BCUT2D eigenvalue weighted by molar-refractivity contribution is 0.628. The molecule has 7 aromatic rings. The summed E-state index contributed by atoms with van der Waals surface area (Å²) >= 11 is 0. The molecule has 0 aliphatic heterocycles. The first-order valence-corrected chi connectivity index (χ1v) is 12.2. The lowest BCUT2D eigenvalue weighted by Crippen LogP contribution is -2.02. The fourth-order valence-corrected chi connectivity index (χ4v) is 4.73. The van der Waals surface area contributed by atoms with Crippen molar-refractivity contribution in [1.29, 1.82) is 0 Å². The molecule has 4 heterocycles. The number of aromatic nitrogens is 6. The molecule has 0 fully saturated rings. The second kappa shape index (κ2) is 9.18. The van der Waals surface area contributed by atoms with E-state index in [2.05, 4.69) is 15.0 Å². The monoisotopic (exact) mass is 512 g/mol. The summed E-state index contributed by atoms with van der Waals surface area (Å²) in [4.78, 5) is 22.9. The van der Waals surface area contributed by atoms with Gasteiger partial charge >= 0.3 is 0 Å². The highest BCUT2D eigenvalue weighted by Gasteiger charge is 2.16. The predicted octanol–water partition coefficient (Wildman–Crippen LogP) is 7.04. The summed E-state index contributed by atoms with van der Waals surface area (Å²) in [5.41, 5.74) is 4.41. The third-order valence-corrected chi connectivity index (χ3v) is 6.50. The smallest absolute Gasteiger partial charge is 0.182 e. The Balaban J connectivity index is 1.37. The summed E-state index contributed by atoms with van der Waals surface area (Å²) in [5, 5.41) is 1.29. The van der Waals surface area contributed by atoms with E-state index in [1.54, 1.807) is 24.5 Å². The third-order valence-electron chi connectivity index (χ3n) is 6.50. The van der Waals surface area contributed by atoms with Crippen LogP contribution in [-0.2, 0) is 0 Å². The first kappa shape index (κ1) is 22.8. The molecular formula is C31H18F2N6. The summed E-state index contributed by atoms with van der Waals surface area (Å²) in [6.45, 7) is 0. The minimum absolute atomic E-state index is 0.372. The van der Waals surface area contributed by atoms with Gasteiger partial charge in [0.15, 0.2) is 17.5 Å². The Morgan fingerprint density at radius 2 is 1.03 bits per heavy atom. The standard InChI is InChI=1S/C31H18F2N6/c32-20-9-13-27-23(17-20)24-18-21(33)10-14-28(24)39(27)22-11-7-19(8-12-22)29-36-30(25-5-1-3-15-34-25)38-31(37-29)26-6-2-4-16-35-26/h1-18H. The topological polar surface area (TPSA) is 69.4 Å². The molecule has 3 aromatic carbocycles. The molecule has 0 bridgehead atoms. The molecule has 4 aromatic heterocycles. The van der Waals surface area contributed by atoms with Crippen molar-refractivity contribution >= 4 is 21.8 Å². The zero-order valence-electron chi connectivity index (χ0n) is 20.3. The molecular weight excluding hydrogens is 494 g/mol. The summed E-state index contributed by atoms with van der Waals surface area (Å²) in [5.74, 6) is 0.615. The van der Waals surface area contributed by atoms with Crippen LogP contribution in [0.2, 0.25) is 0 Å². The fourth-order valence-electron chi connectivity index (χ4n) is 4.73. The summed E-state index contributed by atoms with van der Waals surface area (Å²) < 4.78 is 30.2. The van der Waals surface area contributed by atoms with E-state index in [-0.39, 0.29) is 11.6 Å². The highest BCUT2D eigenvalue weighted by molar-refractivity contribution is 6.09. The molecule has 0 spiro atoms. The van der Waals surface area contributed by atoms with E-state index in [1.165, 1.54) is 24.3 Å². The van der Waals surface area contributed by atoms with Gasteiger partial charge in [0.05, 0.1) is 11.0 Å². The Labute approximate surface area is 221 Å². The SMILES string of the molecule is Fc1ccc2c(c1)c1cc(F)ccc1n2-c1ccc(-c2nc(-c3ccccn3)nc(-c3ccccn3)n2)cc1. The lowest BCUT2D eigenvalue weighted by Gasteiger charge is -2.10. The Morgan fingerprint density at radius 3 is 1.51 bits per heavy atom. The number of hydrogen-bond donors (Lipinski definition) is 0. The molecule has 0 saturated carbocycles. The van der Waals surface area contributed by atoms with E-state index >= 15 is 0 Å². The maximum Gasteiger partial charge on any atom is 0.182 e. The fraction of sp³-hybridized carbons (Fsp3) is 0. The number of halogens is 2. The van der Waals surface area contributed by atoms with Crippen molar-refractivity contribution < 1.29 is 8.78 Å². The molecule has 0 radical (unpaired) electrons. The third kappa shape index (κ3) is 4.08. The van der Waals surface area contributed by atoms with Crippen LogP contribution in [0.4, 0.5) is 8.78 Å². The maximum atomic E-state index is 14.1. The highest BCUT2D eigenvalue weighted by atomic mass is 19.1. The Bertz CT molecular complexity index is 1850. The van der Waals surface area contributed by atoms with Gasteiger partial charge in [0.1, 0.15) is 23.0 Å². The van der Waals surface area contributed by atoms with Gasteiger partial charge in [0.2, 0.25) is 0 Å². The van der Waals surface area contributed by atoms with E-state index in [0.29, 0.717) is 39.6 Å². The Morgan fingerprint density at radius 1 is 0.513 bits per heavy atom. The first-order valence-electron chi connectivity index (χ1n) is 12.2. The number of nitrogens with zero attached hydrogens (tertiary/aromatic N) is 6. The van der Waals surface area contributed by atoms with Gasteiger partial charge in [-0.05, 0) is 84.9 Å². The van der Waals surface area contributed by atoms with Crippen LogP contribution in [-0.4, -0.2) is 29.5 Å². The van der Waals surface area contributed by atoms with Crippen LogP contribution in [0.5, 0.6) is 0 Å². The Kier molecular flexibility index (Phi) is 5.37. The minimum Gasteiger partial charge on any atom is -0.309 e. The van der Waals surface area contributed by atoms with E-state index in [1.807, 2.05) is 65.2 Å². The van der Waals surface area contributed by atoms with Crippen molar-refractivity contribution in [2.24, 2.45) is 0 Å². The maximum absolute atomic E-state index is 14.1. The molecule has 0 unspecified atom stereocenters. The molecule has 0 aliphatic carbocycles. The molecule has 0 saturated heterocycles. The van der Waals surface area contributed by atoms with Gasteiger partial charge in [-0.1, -0.05) is 12.1 Å². The largest absolute Gasteiger partial charge is 0.309 e. The first-order chi connectivity index (χ1) is 19.1. The minimum atomic E-state index is -0.372. The molecule has 0 aliphatic rings. The van der Waals surface area contributed by atoms with Gasteiger partial charge in [-0.25, -0.2) is 23.7 Å². The molecule has 186 valence electrons. The molecule has 0 N–H and O–H groups in total. The van der Waals surface area contributed by atoms with Crippen LogP contribution in [0.3, 0.4) is 0 Å². The predicted molar refractivity (Wildman–Crippen MR) is 146 cm³/mol. The van der Waals surface area contributed by atoms with Crippen LogP contribution in [0, 0.1) is 11.6 Å². The van der Waals surface area contributed by atoms with Gasteiger partial charge < -0.3 is 4.57 Å². The van der Waals surface area contributed by atoms with Crippen LogP contribution in [0.25, 0.3) is 61.9 Å². The second-order valence-electron chi connectivity index (χ2n) is 8.94. The van der Waals surface area contributed by atoms with Crippen molar-refractivity contribution in [2.75, 3.05) is 0 Å². The number of rotatable bonds is 4. The average molecular weight is 513 g/mol. The van der Waals surface area contributed by atoms with Gasteiger partial charge in [-0.2, -0.15) is 0 Å². The Hall–Kier alpha value is -5.37. The quantitative estimate of drug-likeness (QED) is 0.253. The van der Waals surface area contributed by atoms with Gasteiger partial charge in [0.25, 0.3) is 0 Å². The van der Waals surface area contributed by atoms with E-state index in [0.717, 1.165) is 22.3 Å². The summed E-state index contributed by atoms with van der Waals surface area (Å²) in [6, 6.07) is 27.9. The lowest BCUT2D eigenvalue weighted by atomic mass is 10.1. The zero-order chi connectivity index (χ0) is 26.3. The summed E-state index contributed by atoms with van der Waals surface area (Å²) in [7, 11) is 0. The zero-order valence-corrected chi connectivity index (χ0v) is 20.3. The van der Waals surface area contributed by atoms with Crippen molar-refractivity contribution in [3.63, 3.8) is 0 Å². The molecule has 39 heavy (non-hydrogen) atoms. The second-order valence-corrected chi connectivity index (χ2v) is 8.94. The number of pyridine rings is 2. The van der Waals surface area contributed by atoms with Crippen LogP contribution < -0.4 is 0 Å². The molecule has 8 heteroatoms. The van der Waals surface area contributed by atoms with Gasteiger partial charge in [-0.15, -0.1) is 0 Å². The van der Waals surface area contributed by atoms with Crippen molar-refractivity contribution in [1.82, 2.24) is 29.5 Å². The number of benzene rings is 3. The number of fused-ring (bicyclic) bond motifs is 3. The van der Waals surface area contributed by atoms with E-state index in [4.69, 9.17) is 9.97 Å². The van der Waals surface area contributed by atoms with Crippen molar-refractivity contribution in [3.05, 3.63) is 121 Å². The van der Waals surface area contributed by atoms with Crippen LogP contribution in [0.15, 0.2) is 109 Å². The van der Waals surface area contributed by atoms with Crippen LogP contribution in [0.1, 0.15) is 0 Å². The van der Waals surface area contributed by atoms with E-state index in [9.17, 15) is 8.78 Å². The summed E-state index contributed by atoms with van der Waals surface area (Å²) in [6.07, 6.45) is 3.38. The van der Waals surface area contributed by atoms with Crippen molar-refractivity contribution in [2.45, 2.75) is 0 Å².